The number of likely N-dealkylation sites (N-methyl/N-ethyl adjacent to an activating group) is 1. The molecule has 27 heavy (non-hydrogen) atoms. The van der Waals surface area contributed by atoms with Crippen LogP contribution in [0.4, 0.5) is 0 Å². The van der Waals surface area contributed by atoms with Crippen LogP contribution >= 0.6 is 11.6 Å². The Kier molecular flexibility index (Phi) is 5.76. The van der Waals surface area contributed by atoms with Crippen LogP contribution in [0, 0.1) is 0 Å². The molecule has 0 saturated heterocycles. The molecule has 0 aliphatic carbocycles. The summed E-state index contributed by atoms with van der Waals surface area (Å²) in [5.74, 6) is -0.318. The monoisotopic (exact) mass is 386 g/mol. The van der Waals surface area contributed by atoms with Crippen LogP contribution in [0.25, 0.3) is 0 Å². The summed E-state index contributed by atoms with van der Waals surface area (Å²) in [4.78, 5) is 39.5. The average Bonchev–Trinajstić information content (AvgIpc) is 2.92. The van der Waals surface area contributed by atoms with E-state index in [0.717, 1.165) is 4.90 Å². The van der Waals surface area contributed by atoms with E-state index in [-0.39, 0.29) is 30.7 Å². The van der Waals surface area contributed by atoms with Gasteiger partial charge < -0.3 is 9.64 Å². The maximum atomic E-state index is 12.3. The first kappa shape index (κ1) is 18.9. The van der Waals surface area contributed by atoms with Crippen LogP contribution in [0.1, 0.15) is 27.1 Å². The Balaban J connectivity index is 1.47. The van der Waals surface area contributed by atoms with Crippen LogP contribution in [0.2, 0.25) is 5.02 Å². The Morgan fingerprint density at radius 2 is 1.63 bits per heavy atom. The molecule has 1 heterocycles. The van der Waals surface area contributed by atoms with Gasteiger partial charge in [-0.2, -0.15) is 0 Å². The Morgan fingerprint density at radius 1 is 1.04 bits per heavy atom. The lowest BCUT2D eigenvalue weighted by atomic mass is 10.1. The van der Waals surface area contributed by atoms with Crippen molar-refractivity contribution >= 4 is 29.3 Å². The second kappa shape index (κ2) is 8.22. The smallest absolute Gasteiger partial charge is 0.261 e. The molecule has 140 valence electrons. The number of carbonyl (C=O) groups excluding carboxylic acids is 3. The molecule has 0 saturated carbocycles. The van der Waals surface area contributed by atoms with Crippen LogP contribution in [0.5, 0.6) is 5.75 Å². The molecule has 0 unspecified atom stereocenters. The van der Waals surface area contributed by atoms with Gasteiger partial charge in [0.25, 0.3) is 11.8 Å². The fourth-order valence-corrected chi connectivity index (χ4v) is 3.01. The second-order valence-corrected chi connectivity index (χ2v) is 6.56. The van der Waals surface area contributed by atoms with Crippen molar-refractivity contribution in [1.29, 1.82) is 0 Å². The highest BCUT2D eigenvalue weighted by Crippen LogP contribution is 2.23. The summed E-state index contributed by atoms with van der Waals surface area (Å²) in [6, 6.07) is 13.8. The van der Waals surface area contributed by atoms with Crippen LogP contribution in [-0.2, 0) is 4.79 Å². The molecule has 1 aliphatic heterocycles. The van der Waals surface area contributed by atoms with Gasteiger partial charge >= 0.3 is 0 Å². The SMILES string of the molecule is CN(CCOc1ccccc1Cl)C(=O)CCN1C(=O)c2ccccc2C1=O. The molecule has 1 aliphatic rings. The highest BCUT2D eigenvalue weighted by molar-refractivity contribution is 6.32. The minimum Gasteiger partial charge on any atom is -0.490 e. The Bertz CT molecular complexity index is 849. The predicted octanol–water partition coefficient (Wildman–Crippen LogP) is 2.86. The van der Waals surface area contributed by atoms with E-state index < -0.39 is 0 Å². The van der Waals surface area contributed by atoms with Gasteiger partial charge in [-0.25, -0.2) is 0 Å². The topological polar surface area (TPSA) is 66.9 Å². The molecule has 0 atom stereocenters. The number of imide groups is 1. The number of ether oxygens (including phenoxy) is 1. The van der Waals surface area contributed by atoms with Crippen LogP contribution in [0.15, 0.2) is 48.5 Å². The van der Waals surface area contributed by atoms with Crippen LogP contribution in [0.3, 0.4) is 0 Å². The number of carbonyl (C=O) groups is 3. The molecule has 0 aromatic heterocycles. The zero-order chi connectivity index (χ0) is 19.4. The molecule has 0 radical (unpaired) electrons. The van der Waals surface area contributed by atoms with Crippen molar-refractivity contribution in [1.82, 2.24) is 9.80 Å². The van der Waals surface area contributed by atoms with Gasteiger partial charge in [0.2, 0.25) is 5.91 Å². The molecule has 0 N–H and O–H groups in total. The van der Waals surface area contributed by atoms with Crippen molar-refractivity contribution in [3.8, 4) is 5.75 Å². The first-order chi connectivity index (χ1) is 13.0. The number of hydrogen-bond acceptors (Lipinski definition) is 4. The normalized spacial score (nSPS) is 12.9. The van der Waals surface area contributed by atoms with E-state index in [4.69, 9.17) is 16.3 Å². The summed E-state index contributed by atoms with van der Waals surface area (Å²) in [5.41, 5.74) is 0.771. The number of hydrogen-bond donors (Lipinski definition) is 0. The van der Waals surface area contributed by atoms with Gasteiger partial charge in [0, 0.05) is 20.0 Å². The number of para-hydroxylation sites is 1. The van der Waals surface area contributed by atoms with Crippen molar-refractivity contribution < 1.29 is 19.1 Å². The van der Waals surface area contributed by atoms with Gasteiger partial charge in [0.1, 0.15) is 12.4 Å². The molecule has 3 rings (SSSR count). The zero-order valence-electron chi connectivity index (χ0n) is 14.9. The third-order valence-corrected chi connectivity index (χ3v) is 4.69. The quantitative estimate of drug-likeness (QED) is 0.686. The fourth-order valence-electron chi connectivity index (χ4n) is 2.82. The van der Waals surface area contributed by atoms with Crippen LogP contribution < -0.4 is 4.74 Å². The first-order valence-electron chi connectivity index (χ1n) is 8.55. The second-order valence-electron chi connectivity index (χ2n) is 6.15. The molecule has 2 aromatic carbocycles. The highest BCUT2D eigenvalue weighted by atomic mass is 35.5. The van der Waals surface area contributed by atoms with Crippen molar-refractivity contribution in [3.63, 3.8) is 0 Å². The number of nitrogens with zero attached hydrogens (tertiary/aromatic N) is 2. The molecular formula is C20H19ClN2O4. The maximum absolute atomic E-state index is 12.3. The lowest BCUT2D eigenvalue weighted by Gasteiger charge is -2.19. The van der Waals surface area contributed by atoms with Gasteiger partial charge in [-0.05, 0) is 24.3 Å². The summed E-state index contributed by atoms with van der Waals surface area (Å²) in [5, 5.41) is 0.511. The summed E-state index contributed by atoms with van der Waals surface area (Å²) < 4.78 is 5.57. The van der Waals surface area contributed by atoms with Crippen molar-refractivity contribution in [2.75, 3.05) is 26.7 Å². The molecule has 3 amide bonds. The third-order valence-electron chi connectivity index (χ3n) is 4.37. The van der Waals surface area contributed by atoms with E-state index >= 15 is 0 Å². The van der Waals surface area contributed by atoms with Gasteiger partial charge in [0.05, 0.1) is 22.7 Å². The van der Waals surface area contributed by atoms with E-state index in [1.807, 2.05) is 12.1 Å². The van der Waals surface area contributed by atoms with Gasteiger partial charge in [-0.1, -0.05) is 35.9 Å². The summed E-state index contributed by atoms with van der Waals surface area (Å²) >= 11 is 6.02. The van der Waals surface area contributed by atoms with Gasteiger partial charge in [-0.15, -0.1) is 0 Å². The van der Waals surface area contributed by atoms with Crippen molar-refractivity contribution in [2.24, 2.45) is 0 Å². The lowest BCUT2D eigenvalue weighted by molar-refractivity contribution is -0.130. The third kappa shape index (κ3) is 4.11. The molecule has 2 aromatic rings. The standard InChI is InChI=1S/C20H19ClN2O4/c1-22(12-13-27-17-9-5-4-8-16(17)21)18(24)10-11-23-19(25)14-6-2-3-7-15(14)20(23)26/h2-9H,10-13H2,1H3. The summed E-state index contributed by atoms with van der Waals surface area (Å²) in [6.07, 6.45) is 0.0636. The Labute approximate surface area is 162 Å². The predicted molar refractivity (Wildman–Crippen MR) is 101 cm³/mol. The minimum absolute atomic E-state index is 0.0564. The van der Waals surface area contributed by atoms with Gasteiger partial charge in [0.15, 0.2) is 0 Å². The molecule has 0 spiro atoms. The van der Waals surface area contributed by atoms with E-state index in [2.05, 4.69) is 0 Å². The highest BCUT2D eigenvalue weighted by Gasteiger charge is 2.35. The van der Waals surface area contributed by atoms with Crippen molar-refractivity contribution in [3.05, 3.63) is 64.7 Å². The van der Waals surface area contributed by atoms with E-state index in [1.165, 1.54) is 4.90 Å². The lowest BCUT2D eigenvalue weighted by Crippen LogP contribution is -2.36. The molecule has 0 fully saturated rings. The van der Waals surface area contributed by atoms with E-state index in [0.29, 0.717) is 35.1 Å². The average molecular weight is 387 g/mol. The molecular weight excluding hydrogens is 368 g/mol. The van der Waals surface area contributed by atoms with Gasteiger partial charge in [-0.3, -0.25) is 19.3 Å². The fraction of sp³-hybridized carbons (Fsp3) is 0.250. The van der Waals surface area contributed by atoms with Crippen LogP contribution in [-0.4, -0.2) is 54.3 Å². The number of fused-ring (bicyclic) bond motifs is 1. The Morgan fingerprint density at radius 3 is 2.26 bits per heavy atom. The largest absolute Gasteiger partial charge is 0.490 e. The van der Waals surface area contributed by atoms with E-state index in [1.54, 1.807) is 43.4 Å². The summed E-state index contributed by atoms with van der Waals surface area (Å²) in [6.45, 7) is 0.714. The number of rotatable bonds is 7. The van der Waals surface area contributed by atoms with Crippen molar-refractivity contribution in [2.45, 2.75) is 6.42 Å². The molecule has 6 nitrogen and oxygen atoms in total. The minimum atomic E-state index is -0.354. The molecule has 7 heteroatoms. The van der Waals surface area contributed by atoms with E-state index in [9.17, 15) is 14.4 Å². The maximum Gasteiger partial charge on any atom is 0.261 e. The number of amides is 3. The zero-order valence-corrected chi connectivity index (χ0v) is 15.6. The number of halogens is 1. The Hall–Kier alpha value is -2.86. The number of benzene rings is 2. The first-order valence-corrected chi connectivity index (χ1v) is 8.93. The summed E-state index contributed by atoms with van der Waals surface area (Å²) in [7, 11) is 1.65. The molecule has 0 bridgehead atoms.